The number of nitrogens with zero attached hydrogens (tertiary/aromatic N) is 3. The minimum atomic E-state index is 0.0166. The zero-order valence-electron chi connectivity index (χ0n) is 31.0. The van der Waals surface area contributed by atoms with Crippen molar-refractivity contribution in [1.82, 2.24) is 9.13 Å². The molecule has 2 aliphatic rings. The number of para-hydroxylation sites is 2. The SMILES string of the molecule is C1=CCC(c2ccc(-n3c4ccccc4c4cc(-c5ccc6c7ccccc7n(C7=CC(c8ccccc8)=NC(c8ccccc8)C7)c6c5)ccc43)cc2)C=C1. The molecule has 2 aromatic heterocycles. The van der Waals surface area contributed by atoms with Crippen LogP contribution in [0.5, 0.6) is 0 Å². The van der Waals surface area contributed by atoms with Crippen LogP contribution in [0.2, 0.25) is 0 Å². The Hall–Kier alpha value is -6.97. The normalized spacial score (nSPS) is 16.9. The highest BCUT2D eigenvalue weighted by atomic mass is 15.0. The lowest BCUT2D eigenvalue weighted by Gasteiger charge is -2.24. The maximum atomic E-state index is 5.33. The van der Waals surface area contributed by atoms with E-state index in [9.17, 15) is 0 Å². The van der Waals surface area contributed by atoms with Gasteiger partial charge in [-0.2, -0.15) is 0 Å². The number of aromatic nitrogens is 2. The van der Waals surface area contributed by atoms with E-state index in [1.807, 2.05) is 0 Å². The van der Waals surface area contributed by atoms with E-state index < -0.39 is 0 Å². The van der Waals surface area contributed by atoms with Crippen LogP contribution in [0.3, 0.4) is 0 Å². The number of benzene rings is 7. The van der Waals surface area contributed by atoms with E-state index in [4.69, 9.17) is 4.99 Å². The molecule has 0 saturated heterocycles. The van der Waals surface area contributed by atoms with Crippen molar-refractivity contribution in [2.45, 2.75) is 24.8 Å². The van der Waals surface area contributed by atoms with Gasteiger partial charge >= 0.3 is 0 Å². The third-order valence-electron chi connectivity index (χ3n) is 11.8. The second kappa shape index (κ2) is 13.4. The van der Waals surface area contributed by atoms with Gasteiger partial charge in [0.25, 0.3) is 0 Å². The molecule has 11 rings (SSSR count). The van der Waals surface area contributed by atoms with Crippen molar-refractivity contribution in [3.63, 3.8) is 0 Å². The van der Waals surface area contributed by atoms with Gasteiger partial charge in [0.2, 0.25) is 0 Å². The molecule has 56 heavy (non-hydrogen) atoms. The van der Waals surface area contributed by atoms with Crippen LogP contribution in [0.4, 0.5) is 0 Å². The largest absolute Gasteiger partial charge is 0.313 e. The van der Waals surface area contributed by atoms with Gasteiger partial charge in [0.15, 0.2) is 0 Å². The van der Waals surface area contributed by atoms with Gasteiger partial charge in [-0.3, -0.25) is 4.99 Å². The first-order chi connectivity index (χ1) is 27.8. The number of hydrogen-bond acceptors (Lipinski definition) is 1. The zero-order chi connectivity index (χ0) is 37.0. The average Bonchev–Trinajstić information content (AvgIpc) is 3.79. The Morgan fingerprint density at radius 1 is 0.464 bits per heavy atom. The standard InChI is InChI=1S/C53H39N3/c1-4-14-36(15-5-1)37-24-28-42(29-25-37)55-51-23-13-11-21-45(51)47-32-40(27-31-52(47)55)41-26-30-46-44-20-10-12-22-50(44)56(53(46)33-41)43-34-48(38-16-6-2-7-17-38)54-49(35-43)39-18-8-3-9-19-39/h1-14,16-34,36,49H,15,35H2. The first-order valence-corrected chi connectivity index (χ1v) is 19.7. The monoisotopic (exact) mass is 717 g/mol. The molecular weight excluding hydrogens is 679 g/mol. The molecule has 3 nitrogen and oxygen atoms in total. The maximum absolute atomic E-state index is 5.33. The Labute approximate surface area is 326 Å². The van der Waals surface area contributed by atoms with Gasteiger partial charge in [-0.05, 0) is 82.8 Å². The molecule has 266 valence electrons. The lowest BCUT2D eigenvalue weighted by molar-refractivity contribution is 0.730. The molecule has 2 atom stereocenters. The van der Waals surface area contributed by atoms with Crippen molar-refractivity contribution in [2.75, 3.05) is 0 Å². The van der Waals surface area contributed by atoms with Crippen LogP contribution in [0.1, 0.15) is 41.5 Å². The van der Waals surface area contributed by atoms with E-state index in [0.29, 0.717) is 5.92 Å². The van der Waals surface area contributed by atoms with Crippen molar-refractivity contribution >= 4 is 55.0 Å². The fraction of sp³-hybridized carbons (Fsp3) is 0.0755. The van der Waals surface area contributed by atoms with Crippen molar-refractivity contribution in [1.29, 1.82) is 0 Å². The van der Waals surface area contributed by atoms with Gasteiger partial charge in [-0.1, -0.05) is 152 Å². The molecule has 1 aliphatic carbocycles. The van der Waals surface area contributed by atoms with E-state index in [1.54, 1.807) is 0 Å². The summed E-state index contributed by atoms with van der Waals surface area (Å²) in [5.74, 6) is 0.435. The predicted octanol–water partition coefficient (Wildman–Crippen LogP) is 13.6. The van der Waals surface area contributed by atoms with Gasteiger partial charge in [-0.25, -0.2) is 0 Å². The number of fused-ring (bicyclic) bond motifs is 6. The minimum absolute atomic E-state index is 0.0166. The van der Waals surface area contributed by atoms with Crippen LogP contribution >= 0.6 is 0 Å². The highest BCUT2D eigenvalue weighted by molar-refractivity contribution is 6.16. The molecule has 0 fully saturated rings. The quantitative estimate of drug-likeness (QED) is 0.163. The first kappa shape index (κ1) is 32.5. The summed E-state index contributed by atoms with van der Waals surface area (Å²) in [6.07, 6.45) is 13.0. The highest BCUT2D eigenvalue weighted by Crippen LogP contribution is 2.41. The maximum Gasteiger partial charge on any atom is 0.0811 e. The molecule has 1 aliphatic heterocycles. The Kier molecular flexibility index (Phi) is 7.77. The number of allylic oxidation sites excluding steroid dienone is 5. The van der Waals surface area contributed by atoms with Crippen molar-refractivity contribution in [3.05, 3.63) is 217 Å². The summed E-state index contributed by atoms with van der Waals surface area (Å²) >= 11 is 0. The van der Waals surface area contributed by atoms with Crippen LogP contribution < -0.4 is 0 Å². The van der Waals surface area contributed by atoms with E-state index in [1.165, 1.54) is 77.2 Å². The molecule has 0 N–H and O–H groups in total. The van der Waals surface area contributed by atoms with E-state index >= 15 is 0 Å². The van der Waals surface area contributed by atoms with Crippen LogP contribution in [0.15, 0.2) is 205 Å². The van der Waals surface area contributed by atoms with Gasteiger partial charge < -0.3 is 9.13 Å². The molecule has 3 heterocycles. The summed E-state index contributed by atoms with van der Waals surface area (Å²) in [4.78, 5) is 5.33. The van der Waals surface area contributed by atoms with Gasteiger partial charge in [0.05, 0.1) is 33.8 Å². The summed E-state index contributed by atoms with van der Waals surface area (Å²) in [7, 11) is 0. The molecule has 7 aromatic carbocycles. The fourth-order valence-electron chi connectivity index (χ4n) is 9.04. The van der Waals surface area contributed by atoms with E-state index in [2.05, 4.69) is 209 Å². The first-order valence-electron chi connectivity index (χ1n) is 19.7. The third kappa shape index (κ3) is 5.47. The van der Waals surface area contributed by atoms with Gasteiger partial charge in [0, 0.05) is 45.3 Å². The van der Waals surface area contributed by atoms with E-state index in [-0.39, 0.29) is 6.04 Å². The van der Waals surface area contributed by atoms with Crippen molar-refractivity contribution < 1.29 is 0 Å². The molecule has 0 amide bonds. The van der Waals surface area contributed by atoms with Gasteiger partial charge in [0.1, 0.15) is 0 Å². The van der Waals surface area contributed by atoms with Crippen LogP contribution in [-0.2, 0) is 0 Å². The molecule has 9 aromatic rings. The topological polar surface area (TPSA) is 22.2 Å². The summed E-state index contributed by atoms with van der Waals surface area (Å²) < 4.78 is 4.91. The van der Waals surface area contributed by atoms with Gasteiger partial charge in [-0.15, -0.1) is 0 Å². The highest BCUT2D eigenvalue weighted by Gasteiger charge is 2.24. The summed E-state index contributed by atoms with van der Waals surface area (Å²) in [6, 6.07) is 62.2. The van der Waals surface area contributed by atoms with Crippen molar-refractivity contribution in [3.8, 4) is 16.8 Å². The smallest absolute Gasteiger partial charge is 0.0811 e. The number of hydrogen-bond donors (Lipinski definition) is 0. The second-order valence-electron chi connectivity index (χ2n) is 15.1. The molecular formula is C53H39N3. The number of aliphatic imine (C=N–C) groups is 1. The van der Waals surface area contributed by atoms with Crippen LogP contribution in [0.25, 0.3) is 66.1 Å². The third-order valence-corrected chi connectivity index (χ3v) is 11.8. The lowest BCUT2D eigenvalue weighted by Crippen LogP contribution is -2.13. The summed E-state index contributed by atoms with van der Waals surface area (Å²) in [6.45, 7) is 0. The molecule has 3 heteroatoms. The Morgan fingerprint density at radius 2 is 1.11 bits per heavy atom. The Balaban J connectivity index is 1.05. The fourth-order valence-corrected chi connectivity index (χ4v) is 9.04. The van der Waals surface area contributed by atoms with Crippen molar-refractivity contribution in [2.24, 2.45) is 4.99 Å². The lowest BCUT2D eigenvalue weighted by atomic mass is 9.92. The average molecular weight is 718 g/mol. The number of rotatable bonds is 6. The minimum Gasteiger partial charge on any atom is -0.313 e. The van der Waals surface area contributed by atoms with Crippen LogP contribution in [-0.4, -0.2) is 14.8 Å². The Morgan fingerprint density at radius 3 is 1.88 bits per heavy atom. The summed E-state index contributed by atoms with van der Waals surface area (Å²) in [5.41, 5.74) is 14.4. The molecule has 2 unspecified atom stereocenters. The molecule has 0 radical (unpaired) electrons. The Bertz CT molecular complexity index is 3060. The molecule has 0 bridgehead atoms. The summed E-state index contributed by atoms with van der Waals surface area (Å²) in [5, 5.41) is 5.03. The predicted molar refractivity (Wildman–Crippen MR) is 236 cm³/mol. The van der Waals surface area contributed by atoms with Crippen LogP contribution in [0, 0.1) is 0 Å². The second-order valence-corrected chi connectivity index (χ2v) is 15.1. The molecule has 0 saturated carbocycles. The number of dihydropyridines is 1. The van der Waals surface area contributed by atoms with E-state index in [0.717, 1.165) is 24.1 Å². The zero-order valence-corrected chi connectivity index (χ0v) is 31.0. The molecule has 0 spiro atoms.